The van der Waals surface area contributed by atoms with Crippen LogP contribution in [0.25, 0.3) is 0 Å². The van der Waals surface area contributed by atoms with E-state index < -0.39 is 0 Å². The Bertz CT molecular complexity index is 332. The maximum Gasteiger partial charge on any atom is 0.0701 e. The Morgan fingerprint density at radius 2 is 2.29 bits per heavy atom. The van der Waals surface area contributed by atoms with Gasteiger partial charge in [-0.05, 0) is 52.2 Å². The molecule has 0 aliphatic heterocycles. The molecule has 2 atom stereocenters. The Morgan fingerprint density at radius 3 is 2.71 bits per heavy atom. The van der Waals surface area contributed by atoms with Gasteiger partial charge in [-0.3, -0.25) is 0 Å². The highest BCUT2D eigenvalue weighted by molar-refractivity contribution is 9.11. The summed E-state index contributed by atoms with van der Waals surface area (Å²) < 4.78 is 1.20. The highest BCUT2D eigenvalue weighted by atomic mass is 79.9. The molecule has 1 aromatic rings. The lowest BCUT2D eigenvalue weighted by atomic mass is 10.0. The fourth-order valence-corrected chi connectivity index (χ4v) is 3.63. The SMILES string of the molecule is CC1(C)CC1C(N)Cc1ccc(Br)s1. The van der Waals surface area contributed by atoms with Crippen LogP contribution in [0.5, 0.6) is 0 Å². The zero-order valence-corrected chi connectivity index (χ0v) is 11.0. The van der Waals surface area contributed by atoms with Gasteiger partial charge < -0.3 is 5.73 Å². The molecule has 0 saturated heterocycles. The van der Waals surface area contributed by atoms with Crippen LogP contribution in [0.3, 0.4) is 0 Å². The van der Waals surface area contributed by atoms with Gasteiger partial charge in [0, 0.05) is 10.9 Å². The van der Waals surface area contributed by atoms with Crippen molar-refractivity contribution in [2.24, 2.45) is 17.1 Å². The molecule has 0 spiro atoms. The predicted octanol–water partition coefficient (Wildman–Crippen LogP) is 3.43. The van der Waals surface area contributed by atoms with Crippen LogP contribution >= 0.6 is 27.3 Å². The molecule has 1 aromatic heterocycles. The molecule has 2 rings (SSSR count). The molecule has 2 N–H and O–H groups in total. The van der Waals surface area contributed by atoms with Gasteiger partial charge in [0.1, 0.15) is 0 Å². The Hall–Kier alpha value is 0.140. The van der Waals surface area contributed by atoms with Crippen LogP contribution in [0.15, 0.2) is 15.9 Å². The van der Waals surface area contributed by atoms with E-state index in [0.29, 0.717) is 11.5 Å². The van der Waals surface area contributed by atoms with Gasteiger partial charge >= 0.3 is 0 Å². The number of thiophene rings is 1. The van der Waals surface area contributed by atoms with Crippen molar-refractivity contribution in [3.8, 4) is 0 Å². The summed E-state index contributed by atoms with van der Waals surface area (Å²) in [5, 5.41) is 0. The number of hydrogen-bond donors (Lipinski definition) is 1. The molecule has 0 aromatic carbocycles. The van der Waals surface area contributed by atoms with E-state index in [1.807, 2.05) is 0 Å². The van der Waals surface area contributed by atoms with Crippen LogP contribution in [0.1, 0.15) is 25.1 Å². The van der Waals surface area contributed by atoms with Crippen LogP contribution in [0, 0.1) is 11.3 Å². The standard InChI is InChI=1S/C11H16BrNS/c1-11(2)6-8(11)9(13)5-7-3-4-10(12)14-7/h3-4,8-9H,5-6,13H2,1-2H3. The first-order valence-corrected chi connectivity index (χ1v) is 6.60. The Morgan fingerprint density at radius 1 is 1.64 bits per heavy atom. The number of nitrogens with two attached hydrogens (primary N) is 1. The van der Waals surface area contributed by atoms with E-state index in [-0.39, 0.29) is 0 Å². The van der Waals surface area contributed by atoms with Crippen LogP contribution in [-0.4, -0.2) is 6.04 Å². The number of rotatable bonds is 3. The third kappa shape index (κ3) is 2.20. The van der Waals surface area contributed by atoms with E-state index in [0.717, 1.165) is 12.3 Å². The highest BCUT2D eigenvalue weighted by Gasteiger charge is 2.48. The van der Waals surface area contributed by atoms with Gasteiger partial charge in [0.05, 0.1) is 3.79 Å². The second-order valence-electron chi connectivity index (χ2n) is 4.87. The zero-order valence-electron chi connectivity index (χ0n) is 8.59. The summed E-state index contributed by atoms with van der Waals surface area (Å²) in [5.74, 6) is 0.725. The Labute approximate surface area is 97.8 Å². The first kappa shape index (κ1) is 10.7. The van der Waals surface area contributed by atoms with E-state index in [4.69, 9.17) is 5.73 Å². The minimum atomic E-state index is 0.343. The fraction of sp³-hybridized carbons (Fsp3) is 0.636. The molecule has 1 heterocycles. The molecule has 14 heavy (non-hydrogen) atoms. The van der Waals surface area contributed by atoms with Crippen molar-refractivity contribution in [1.29, 1.82) is 0 Å². The van der Waals surface area contributed by atoms with Crippen LogP contribution < -0.4 is 5.73 Å². The molecule has 0 radical (unpaired) electrons. The Kier molecular flexibility index (Phi) is 2.75. The van der Waals surface area contributed by atoms with Crippen molar-refractivity contribution in [1.82, 2.24) is 0 Å². The molecule has 1 nitrogen and oxygen atoms in total. The molecule has 0 amide bonds. The summed E-state index contributed by atoms with van der Waals surface area (Å²) in [5.41, 5.74) is 6.68. The van der Waals surface area contributed by atoms with Crippen molar-refractivity contribution >= 4 is 27.3 Å². The third-order valence-corrected chi connectivity index (χ3v) is 4.82. The average molecular weight is 274 g/mol. The van der Waals surface area contributed by atoms with E-state index in [1.54, 1.807) is 11.3 Å². The van der Waals surface area contributed by atoms with Gasteiger partial charge in [0.15, 0.2) is 0 Å². The first-order chi connectivity index (χ1) is 6.49. The van der Waals surface area contributed by atoms with E-state index >= 15 is 0 Å². The fourth-order valence-electron chi connectivity index (χ4n) is 2.07. The molecule has 3 heteroatoms. The maximum absolute atomic E-state index is 6.19. The highest BCUT2D eigenvalue weighted by Crippen LogP contribution is 2.53. The molecule has 1 saturated carbocycles. The lowest BCUT2D eigenvalue weighted by molar-refractivity contribution is 0.478. The molecular formula is C11H16BrNS. The monoisotopic (exact) mass is 273 g/mol. The molecule has 1 fully saturated rings. The normalized spacial score (nSPS) is 26.1. The molecule has 0 bridgehead atoms. The number of halogens is 1. The van der Waals surface area contributed by atoms with Crippen molar-refractivity contribution in [2.45, 2.75) is 32.7 Å². The second kappa shape index (κ2) is 3.62. The summed E-state index contributed by atoms with van der Waals surface area (Å²) >= 11 is 5.27. The summed E-state index contributed by atoms with van der Waals surface area (Å²) in [6.07, 6.45) is 2.32. The molecule has 1 aliphatic rings. The van der Waals surface area contributed by atoms with Crippen molar-refractivity contribution in [2.75, 3.05) is 0 Å². The van der Waals surface area contributed by atoms with Crippen molar-refractivity contribution in [3.05, 3.63) is 20.8 Å². The zero-order chi connectivity index (χ0) is 10.3. The van der Waals surface area contributed by atoms with Gasteiger partial charge in [0.25, 0.3) is 0 Å². The van der Waals surface area contributed by atoms with Gasteiger partial charge in [0.2, 0.25) is 0 Å². The van der Waals surface area contributed by atoms with Gasteiger partial charge in [-0.25, -0.2) is 0 Å². The topological polar surface area (TPSA) is 26.0 Å². The summed E-state index contributed by atoms with van der Waals surface area (Å²) in [4.78, 5) is 1.40. The lowest BCUT2D eigenvalue weighted by Gasteiger charge is -2.11. The maximum atomic E-state index is 6.19. The van der Waals surface area contributed by atoms with E-state index in [1.165, 1.54) is 15.1 Å². The van der Waals surface area contributed by atoms with Gasteiger partial charge in [-0.2, -0.15) is 0 Å². The van der Waals surface area contributed by atoms with Gasteiger partial charge in [-0.15, -0.1) is 11.3 Å². The number of hydrogen-bond acceptors (Lipinski definition) is 2. The smallest absolute Gasteiger partial charge is 0.0701 e. The van der Waals surface area contributed by atoms with E-state index in [9.17, 15) is 0 Å². The van der Waals surface area contributed by atoms with Crippen molar-refractivity contribution in [3.63, 3.8) is 0 Å². The van der Waals surface area contributed by atoms with Crippen LogP contribution in [-0.2, 0) is 6.42 Å². The van der Waals surface area contributed by atoms with Crippen LogP contribution in [0.2, 0.25) is 0 Å². The van der Waals surface area contributed by atoms with Gasteiger partial charge in [-0.1, -0.05) is 13.8 Å². The minimum Gasteiger partial charge on any atom is -0.327 e. The molecule has 1 aliphatic carbocycles. The largest absolute Gasteiger partial charge is 0.327 e. The lowest BCUT2D eigenvalue weighted by Crippen LogP contribution is -2.26. The minimum absolute atomic E-state index is 0.343. The molecule has 2 unspecified atom stereocenters. The Balaban J connectivity index is 1.93. The average Bonchev–Trinajstić information content (AvgIpc) is 2.51. The summed E-state index contributed by atoms with van der Waals surface area (Å²) in [6, 6.07) is 4.62. The van der Waals surface area contributed by atoms with Crippen LogP contribution in [0.4, 0.5) is 0 Å². The third-order valence-electron chi connectivity index (χ3n) is 3.17. The second-order valence-corrected chi connectivity index (χ2v) is 7.42. The molecule has 78 valence electrons. The quantitative estimate of drug-likeness (QED) is 0.898. The van der Waals surface area contributed by atoms with E-state index in [2.05, 4.69) is 41.9 Å². The first-order valence-electron chi connectivity index (χ1n) is 4.99. The summed E-state index contributed by atoms with van der Waals surface area (Å²) in [7, 11) is 0. The van der Waals surface area contributed by atoms with Crippen molar-refractivity contribution < 1.29 is 0 Å². The molecular weight excluding hydrogens is 258 g/mol. The predicted molar refractivity (Wildman–Crippen MR) is 65.6 cm³/mol. The summed E-state index contributed by atoms with van der Waals surface area (Å²) in [6.45, 7) is 4.61.